The van der Waals surface area contributed by atoms with E-state index in [-0.39, 0.29) is 6.61 Å². The van der Waals surface area contributed by atoms with Crippen LogP contribution in [-0.2, 0) is 85.3 Å². The molecule has 9 heterocycles. The van der Waals surface area contributed by atoms with Crippen LogP contribution in [0.1, 0.15) is 0 Å². The van der Waals surface area contributed by atoms with Crippen molar-refractivity contribution in [3.8, 4) is 0 Å². The maximum Gasteiger partial charge on any atom is 0.187 e. The van der Waals surface area contributed by atoms with E-state index >= 15 is 0 Å². The van der Waals surface area contributed by atoms with E-state index in [9.17, 15) is 138 Å². The third-order valence-corrected chi connectivity index (χ3v) is 18.9. The molecule has 0 spiro atoms. The van der Waals surface area contributed by atoms with Crippen LogP contribution in [0.2, 0.25) is 0 Å². The van der Waals surface area contributed by atoms with E-state index in [4.69, 9.17) is 85.3 Å². The van der Waals surface area contributed by atoms with Gasteiger partial charge in [0.1, 0.15) is 220 Å². The molecule has 9 saturated heterocycles. The highest BCUT2D eigenvalue weighted by atomic mass is 16.8. The quantitative estimate of drug-likeness (QED) is 0.0382. The van der Waals surface area contributed by atoms with Gasteiger partial charge in [-0.1, -0.05) is 0 Å². The first-order valence-electron chi connectivity index (χ1n) is 32.0. The molecule has 27 unspecified atom stereocenters. The zero-order valence-corrected chi connectivity index (χ0v) is 52.9. The summed E-state index contributed by atoms with van der Waals surface area (Å²) in [5, 5.41) is 292. The predicted molar refractivity (Wildman–Crippen MR) is 301 cm³/mol. The van der Waals surface area contributed by atoms with Crippen molar-refractivity contribution in [3.05, 3.63) is 0 Å². The molecule has 0 aromatic carbocycles. The molecule has 584 valence electrons. The van der Waals surface area contributed by atoms with Crippen molar-refractivity contribution >= 4 is 0 Å². The first-order valence-corrected chi connectivity index (χ1v) is 32.0. The fourth-order valence-electron chi connectivity index (χ4n) is 13.2. The Hall–Kier alpha value is -1.80. The number of rotatable bonds is 26. The standard InChI is InChI=1S/C55H94O45/c1-83-39-14(3-57)85-48(31(75)23(39)67)94-41-16(5-59)87-50(33(77)25(41)69)96-43-18(7-61)89-52(35(79)27(43)71)98-45-20(9-63)91-54(37(81)29(45)73)100-47-21(10-64)92-55(38(82)30(47)74)99-46-19(8-62)90-53(36(80)28(46)72)97-44-17(6-60)88-51(34(78)26(44)70)95-42-15(4-58)86-49(32(76)24(42)68)93-40-13(2-56)84-11-12(65)22(40)66/h12-82H,2-11H2,1H3/t12?,13?,14?,15?,16?,17?,18?,19?,20?,21?,22?,23?,24?,25?,26?,27?,28?,29?,30?,31?,32?,33?,34?,35?,36?,37?,38?,39-,40-,41-,42-,43-,44-,45-,46-,47-,48-,49-,50-,51-,52-,53-,54-,55-/m0/s1. The summed E-state index contributed by atoms with van der Waals surface area (Å²) in [6.07, 6.45) is -84.2. The molecule has 0 aromatic rings. The minimum atomic E-state index is -2.29. The number of ether oxygens (including phenoxy) is 18. The van der Waals surface area contributed by atoms with Crippen LogP contribution < -0.4 is 0 Å². The highest BCUT2D eigenvalue weighted by molar-refractivity contribution is 5.02. The molecular weight excluding hydrogens is 1380 g/mol. The van der Waals surface area contributed by atoms with Crippen LogP contribution in [0.15, 0.2) is 0 Å². The van der Waals surface area contributed by atoms with E-state index in [0.29, 0.717) is 0 Å². The average Bonchev–Trinajstić information content (AvgIpc) is 0.780. The van der Waals surface area contributed by atoms with Gasteiger partial charge in [0.2, 0.25) is 0 Å². The van der Waals surface area contributed by atoms with Gasteiger partial charge in [-0.05, 0) is 0 Å². The van der Waals surface area contributed by atoms with Gasteiger partial charge in [0.05, 0.1) is 66.1 Å². The zero-order valence-electron chi connectivity index (χ0n) is 52.9. The Labute approximate surface area is 565 Å². The van der Waals surface area contributed by atoms with Gasteiger partial charge in [-0.2, -0.15) is 0 Å². The van der Waals surface area contributed by atoms with E-state index in [2.05, 4.69) is 0 Å². The Bertz CT molecular complexity index is 2420. The van der Waals surface area contributed by atoms with Gasteiger partial charge in [0.25, 0.3) is 0 Å². The number of aliphatic hydroxyl groups is 27. The van der Waals surface area contributed by atoms with Gasteiger partial charge in [-0.3, -0.25) is 0 Å². The lowest BCUT2D eigenvalue weighted by Crippen LogP contribution is -2.68. The Kier molecular flexibility index (Phi) is 29.6. The van der Waals surface area contributed by atoms with Gasteiger partial charge in [-0.25, -0.2) is 0 Å². The lowest BCUT2D eigenvalue weighted by atomic mass is 9.95. The summed E-state index contributed by atoms with van der Waals surface area (Å²) in [4.78, 5) is 0. The lowest BCUT2D eigenvalue weighted by Gasteiger charge is -2.50. The van der Waals surface area contributed by atoms with E-state index < -0.39 is 330 Å². The van der Waals surface area contributed by atoms with E-state index in [1.807, 2.05) is 0 Å². The molecule has 0 aliphatic carbocycles. The summed E-state index contributed by atoms with van der Waals surface area (Å²) in [5.74, 6) is 0. The Balaban J connectivity index is 0.771. The highest BCUT2D eigenvalue weighted by Gasteiger charge is 2.60. The molecule has 44 atom stereocenters. The maximum atomic E-state index is 11.5. The van der Waals surface area contributed by atoms with Crippen molar-refractivity contribution in [2.45, 2.75) is 270 Å². The second-order valence-electron chi connectivity index (χ2n) is 25.3. The van der Waals surface area contributed by atoms with Crippen molar-refractivity contribution in [2.24, 2.45) is 0 Å². The molecule has 0 saturated carbocycles. The van der Waals surface area contributed by atoms with Crippen molar-refractivity contribution in [1.29, 1.82) is 0 Å². The zero-order chi connectivity index (χ0) is 73.2. The molecule has 27 N–H and O–H groups in total. The summed E-state index contributed by atoms with van der Waals surface area (Å²) < 4.78 is 101. The minimum absolute atomic E-state index is 0.386. The summed E-state index contributed by atoms with van der Waals surface area (Å²) in [6, 6.07) is 0. The average molecular weight is 1480 g/mol. The highest BCUT2D eigenvalue weighted by Crippen LogP contribution is 2.40. The topological polar surface area (TPSA) is 712 Å². The van der Waals surface area contributed by atoms with Crippen molar-refractivity contribution in [3.63, 3.8) is 0 Å². The van der Waals surface area contributed by atoms with Crippen LogP contribution in [0.3, 0.4) is 0 Å². The molecule has 0 amide bonds. The molecule has 45 heteroatoms. The fraction of sp³-hybridized carbons (Fsp3) is 1.00. The summed E-state index contributed by atoms with van der Waals surface area (Å²) >= 11 is 0. The Morgan fingerprint density at radius 2 is 0.360 bits per heavy atom. The lowest BCUT2D eigenvalue weighted by molar-refractivity contribution is -0.399. The van der Waals surface area contributed by atoms with E-state index in [0.717, 1.165) is 0 Å². The first kappa shape index (κ1) is 82.3. The second-order valence-corrected chi connectivity index (χ2v) is 25.3. The van der Waals surface area contributed by atoms with Crippen LogP contribution in [0.5, 0.6) is 0 Å². The normalized spacial score (nSPS) is 52.9. The SMILES string of the molecule is CO[C@H]1C(CO)O[C@@H](O[C@H]2C(CO)O[C@@H](O[C@H]3C(CO)O[C@@H](O[C@H]4C(CO)O[C@@H](O[C@H]5C(CO)O[C@@H](O[C@H]6C(CO)O[C@@H](O[C@H]7C(CO)O[C@@H](O[C@H]8C(CO)O[C@@H](O[C@H]9C(CO)OCC(O)C9O)C(O)C8O)C(O)C7O)C(O)C6O)C(O)C5O)C(O)C4O)C(O)C3O)C(O)C2O)C(O)C1O. The predicted octanol–water partition coefficient (Wildman–Crippen LogP) is -19.3. The van der Waals surface area contributed by atoms with Crippen LogP contribution in [-0.4, -0.2) is 481 Å². The van der Waals surface area contributed by atoms with E-state index in [1.165, 1.54) is 7.11 Å². The molecule has 9 rings (SSSR count). The van der Waals surface area contributed by atoms with Crippen LogP contribution in [0.25, 0.3) is 0 Å². The largest absolute Gasteiger partial charge is 0.394 e. The van der Waals surface area contributed by atoms with E-state index in [1.54, 1.807) is 0 Å². The molecule has 9 fully saturated rings. The minimum Gasteiger partial charge on any atom is -0.394 e. The van der Waals surface area contributed by atoms with Crippen molar-refractivity contribution in [2.75, 3.05) is 73.2 Å². The van der Waals surface area contributed by atoms with Crippen LogP contribution in [0.4, 0.5) is 0 Å². The first-order chi connectivity index (χ1) is 47.6. The molecule has 0 aromatic heterocycles. The third-order valence-electron chi connectivity index (χ3n) is 18.9. The second kappa shape index (κ2) is 35.9. The summed E-state index contributed by atoms with van der Waals surface area (Å²) in [5.41, 5.74) is 0. The molecular formula is C55H94O45. The van der Waals surface area contributed by atoms with Gasteiger partial charge in [0, 0.05) is 7.11 Å². The number of aliphatic hydroxyl groups excluding tert-OH is 27. The Morgan fingerprint density at radius 3 is 0.520 bits per heavy atom. The van der Waals surface area contributed by atoms with Crippen LogP contribution >= 0.6 is 0 Å². The van der Waals surface area contributed by atoms with Crippen molar-refractivity contribution < 1.29 is 223 Å². The number of hydrogen-bond donors (Lipinski definition) is 27. The van der Waals surface area contributed by atoms with Gasteiger partial charge in [0.15, 0.2) is 50.3 Å². The fourth-order valence-corrected chi connectivity index (χ4v) is 13.2. The summed E-state index contributed by atoms with van der Waals surface area (Å²) in [7, 11) is 1.17. The van der Waals surface area contributed by atoms with Gasteiger partial charge in [-0.15, -0.1) is 0 Å². The molecule has 9 aliphatic heterocycles. The molecule has 9 aliphatic rings. The molecule has 45 nitrogen and oxygen atoms in total. The van der Waals surface area contributed by atoms with Crippen LogP contribution in [0, 0.1) is 0 Å². The van der Waals surface area contributed by atoms with Crippen molar-refractivity contribution in [1.82, 2.24) is 0 Å². The smallest absolute Gasteiger partial charge is 0.187 e. The van der Waals surface area contributed by atoms with Gasteiger partial charge >= 0.3 is 0 Å². The van der Waals surface area contributed by atoms with Gasteiger partial charge < -0.3 is 223 Å². The molecule has 0 bridgehead atoms. The molecule has 100 heavy (non-hydrogen) atoms. The maximum absolute atomic E-state index is 11.5. The monoisotopic (exact) mass is 1470 g/mol. The summed E-state index contributed by atoms with van der Waals surface area (Å²) in [6.45, 7) is -9.23. The third kappa shape index (κ3) is 16.9. The number of hydrogen-bond acceptors (Lipinski definition) is 45. The number of methoxy groups -OCH3 is 1. The molecule has 0 radical (unpaired) electrons. The Morgan fingerprint density at radius 1 is 0.210 bits per heavy atom.